The maximum Gasteiger partial charge on any atom is 0.0589 e. The average Bonchev–Trinajstić information content (AvgIpc) is 2.42. The highest BCUT2D eigenvalue weighted by molar-refractivity contribution is 9.10. The fourth-order valence-electron chi connectivity index (χ4n) is 2.33. The van der Waals surface area contributed by atoms with Gasteiger partial charge in [-0.25, -0.2) is 0 Å². The molecule has 1 aromatic rings. The molecule has 0 heterocycles. The van der Waals surface area contributed by atoms with Crippen LogP contribution in [-0.4, -0.2) is 44.8 Å². The number of nitrogens with zero attached hydrogens (tertiary/aromatic N) is 1. The molecule has 0 aliphatic carbocycles. The zero-order chi connectivity index (χ0) is 15.0. The van der Waals surface area contributed by atoms with Gasteiger partial charge in [0.15, 0.2) is 0 Å². The summed E-state index contributed by atoms with van der Waals surface area (Å²) >= 11 is 3.54. The minimum atomic E-state index is 0.385. The minimum absolute atomic E-state index is 0.385. The predicted octanol–water partition coefficient (Wildman–Crippen LogP) is 3.46. The molecule has 0 radical (unpaired) electrons. The van der Waals surface area contributed by atoms with Crippen LogP contribution < -0.4 is 5.32 Å². The normalized spacial score (nSPS) is 13.2. The second-order valence-corrected chi connectivity index (χ2v) is 6.22. The quantitative estimate of drug-likeness (QED) is 0.743. The fourth-order valence-corrected chi connectivity index (χ4v) is 2.75. The third kappa shape index (κ3) is 5.92. The van der Waals surface area contributed by atoms with Crippen molar-refractivity contribution in [3.63, 3.8) is 0 Å². The highest BCUT2D eigenvalue weighted by Gasteiger charge is 2.14. The lowest BCUT2D eigenvalue weighted by Crippen LogP contribution is -2.36. The Labute approximate surface area is 131 Å². The van der Waals surface area contributed by atoms with Crippen LogP contribution >= 0.6 is 15.9 Å². The monoisotopic (exact) mass is 342 g/mol. The fraction of sp³-hybridized carbons (Fsp3) is 0.625. The Kier molecular flexibility index (Phi) is 8.38. The van der Waals surface area contributed by atoms with Crippen LogP contribution in [0.25, 0.3) is 0 Å². The maximum atomic E-state index is 5.19. The van der Waals surface area contributed by atoms with E-state index in [0.29, 0.717) is 12.1 Å². The second-order valence-electron chi connectivity index (χ2n) is 5.31. The molecule has 1 unspecified atom stereocenters. The number of hydrogen-bond donors (Lipinski definition) is 1. The summed E-state index contributed by atoms with van der Waals surface area (Å²) in [5.41, 5.74) is 1.33. The van der Waals surface area contributed by atoms with E-state index in [-0.39, 0.29) is 0 Å². The van der Waals surface area contributed by atoms with Gasteiger partial charge in [-0.2, -0.15) is 0 Å². The molecule has 0 saturated heterocycles. The van der Waals surface area contributed by atoms with Crippen LogP contribution in [-0.2, 0) is 4.74 Å². The third-order valence-electron chi connectivity index (χ3n) is 3.62. The Balaban J connectivity index is 2.59. The maximum absolute atomic E-state index is 5.19. The van der Waals surface area contributed by atoms with Gasteiger partial charge in [-0.15, -0.1) is 0 Å². The van der Waals surface area contributed by atoms with Crippen molar-refractivity contribution >= 4 is 15.9 Å². The first-order valence-corrected chi connectivity index (χ1v) is 8.03. The molecule has 0 aliphatic rings. The second kappa shape index (κ2) is 9.50. The van der Waals surface area contributed by atoms with Crippen LogP contribution in [0.15, 0.2) is 28.7 Å². The van der Waals surface area contributed by atoms with Gasteiger partial charge in [0.2, 0.25) is 0 Å². The Morgan fingerprint density at radius 3 is 2.60 bits per heavy atom. The van der Waals surface area contributed by atoms with Gasteiger partial charge in [-0.05, 0) is 45.0 Å². The third-order valence-corrected chi connectivity index (χ3v) is 4.11. The van der Waals surface area contributed by atoms with Gasteiger partial charge < -0.3 is 10.1 Å². The molecule has 4 heteroatoms. The van der Waals surface area contributed by atoms with Crippen molar-refractivity contribution in [3.8, 4) is 0 Å². The first-order chi connectivity index (χ1) is 9.58. The summed E-state index contributed by atoms with van der Waals surface area (Å²) in [6.07, 6.45) is 1.09. The summed E-state index contributed by atoms with van der Waals surface area (Å²) in [4.78, 5) is 2.46. The van der Waals surface area contributed by atoms with Gasteiger partial charge in [0.05, 0.1) is 6.61 Å². The Morgan fingerprint density at radius 2 is 2.05 bits per heavy atom. The number of benzene rings is 1. The van der Waals surface area contributed by atoms with Gasteiger partial charge in [-0.3, -0.25) is 4.90 Å². The zero-order valence-corrected chi connectivity index (χ0v) is 14.6. The first kappa shape index (κ1) is 17.6. The summed E-state index contributed by atoms with van der Waals surface area (Å²) in [6.45, 7) is 7.33. The van der Waals surface area contributed by atoms with E-state index >= 15 is 0 Å². The SMILES string of the molecule is CNC(CCN(CCOC)C(C)C)c1cccc(Br)c1. The lowest BCUT2D eigenvalue weighted by atomic mass is 10.0. The molecular formula is C16H27BrN2O. The largest absolute Gasteiger partial charge is 0.383 e. The van der Waals surface area contributed by atoms with Crippen LogP contribution in [0, 0.1) is 0 Å². The average molecular weight is 343 g/mol. The Bertz CT molecular complexity index is 384. The van der Waals surface area contributed by atoms with Gasteiger partial charge in [-0.1, -0.05) is 28.1 Å². The van der Waals surface area contributed by atoms with Gasteiger partial charge >= 0.3 is 0 Å². The summed E-state index contributed by atoms with van der Waals surface area (Å²) in [5, 5.41) is 3.42. The number of nitrogens with one attached hydrogen (secondary N) is 1. The van der Waals surface area contributed by atoms with E-state index < -0.39 is 0 Å². The van der Waals surface area contributed by atoms with Crippen molar-refractivity contribution in [2.45, 2.75) is 32.4 Å². The van der Waals surface area contributed by atoms with Crippen LogP contribution in [0.2, 0.25) is 0 Å². The molecule has 0 saturated carbocycles. The molecule has 3 nitrogen and oxygen atoms in total. The molecular weight excluding hydrogens is 316 g/mol. The smallest absolute Gasteiger partial charge is 0.0589 e. The number of hydrogen-bond acceptors (Lipinski definition) is 3. The number of methoxy groups -OCH3 is 1. The van der Waals surface area contributed by atoms with Gasteiger partial charge in [0.1, 0.15) is 0 Å². The molecule has 1 rings (SSSR count). The molecule has 0 amide bonds. The molecule has 20 heavy (non-hydrogen) atoms. The Morgan fingerprint density at radius 1 is 1.30 bits per heavy atom. The van der Waals surface area contributed by atoms with E-state index in [1.165, 1.54) is 5.56 Å². The van der Waals surface area contributed by atoms with Gasteiger partial charge in [0.25, 0.3) is 0 Å². The van der Waals surface area contributed by atoms with Crippen molar-refractivity contribution < 1.29 is 4.74 Å². The van der Waals surface area contributed by atoms with E-state index in [9.17, 15) is 0 Å². The lowest BCUT2D eigenvalue weighted by molar-refractivity contribution is 0.126. The van der Waals surface area contributed by atoms with E-state index in [0.717, 1.165) is 30.6 Å². The molecule has 0 bridgehead atoms. The predicted molar refractivity (Wildman–Crippen MR) is 89.1 cm³/mol. The van der Waals surface area contributed by atoms with Gasteiger partial charge in [0, 0.05) is 36.8 Å². The highest BCUT2D eigenvalue weighted by atomic mass is 79.9. The topological polar surface area (TPSA) is 24.5 Å². The number of rotatable bonds is 9. The molecule has 1 atom stereocenters. The summed E-state index contributed by atoms with van der Waals surface area (Å²) in [6, 6.07) is 9.46. The van der Waals surface area contributed by atoms with E-state index in [1.807, 2.05) is 7.05 Å². The Hall–Kier alpha value is -0.420. The van der Waals surface area contributed by atoms with E-state index in [1.54, 1.807) is 7.11 Å². The summed E-state index contributed by atoms with van der Waals surface area (Å²) in [5.74, 6) is 0. The molecule has 0 spiro atoms. The number of halogens is 1. The summed E-state index contributed by atoms with van der Waals surface area (Å²) < 4.78 is 6.33. The van der Waals surface area contributed by atoms with Crippen LogP contribution in [0.3, 0.4) is 0 Å². The summed E-state index contributed by atoms with van der Waals surface area (Å²) in [7, 11) is 3.79. The standard InChI is InChI=1S/C16H27BrN2O/c1-13(2)19(10-11-20-4)9-8-16(18-3)14-6-5-7-15(17)12-14/h5-7,12-13,16,18H,8-11H2,1-4H3. The van der Waals surface area contributed by atoms with E-state index in [4.69, 9.17) is 4.74 Å². The van der Waals surface area contributed by atoms with Crippen molar-refractivity contribution in [3.05, 3.63) is 34.3 Å². The first-order valence-electron chi connectivity index (χ1n) is 7.24. The molecule has 1 aromatic carbocycles. The van der Waals surface area contributed by atoms with Crippen LogP contribution in [0.1, 0.15) is 31.9 Å². The highest BCUT2D eigenvalue weighted by Crippen LogP contribution is 2.21. The molecule has 1 N–H and O–H groups in total. The zero-order valence-electron chi connectivity index (χ0n) is 13.0. The minimum Gasteiger partial charge on any atom is -0.383 e. The van der Waals surface area contributed by atoms with Crippen molar-refractivity contribution in [1.29, 1.82) is 0 Å². The van der Waals surface area contributed by atoms with Crippen LogP contribution in [0.5, 0.6) is 0 Å². The van der Waals surface area contributed by atoms with Crippen molar-refractivity contribution in [2.24, 2.45) is 0 Å². The number of ether oxygens (including phenoxy) is 1. The van der Waals surface area contributed by atoms with Crippen LogP contribution in [0.4, 0.5) is 0 Å². The molecule has 0 aliphatic heterocycles. The molecule has 0 fully saturated rings. The molecule has 114 valence electrons. The van der Waals surface area contributed by atoms with Crippen molar-refractivity contribution in [1.82, 2.24) is 10.2 Å². The van der Waals surface area contributed by atoms with Crippen molar-refractivity contribution in [2.75, 3.05) is 33.9 Å². The van der Waals surface area contributed by atoms with E-state index in [2.05, 4.69) is 64.3 Å². The lowest BCUT2D eigenvalue weighted by Gasteiger charge is -2.28. The molecule has 0 aromatic heterocycles.